The first-order chi connectivity index (χ1) is 19.6. The van der Waals surface area contributed by atoms with Gasteiger partial charge in [-0.25, -0.2) is 9.36 Å². The second kappa shape index (κ2) is 15.2. The number of rotatable bonds is 14. The monoisotopic (exact) mass is 659 g/mol. The van der Waals surface area contributed by atoms with E-state index < -0.39 is 62.0 Å². The van der Waals surface area contributed by atoms with Gasteiger partial charge in [0.05, 0.1) is 32.5 Å². The highest BCUT2D eigenvalue weighted by Gasteiger charge is 2.40. The molecular formula is C25H31BrN3O11P. The number of carbonyl (C=O) groups excluding carboxylic acids is 2. The number of esters is 2. The Morgan fingerprint density at radius 3 is 2.66 bits per heavy atom. The molecule has 2 aromatic rings. The number of aromatic amines is 1. The Bertz CT molecular complexity index is 1380. The standard InChI is InChI=1S/C25H31BrN3O11P/c1-36-22(31)10-6-9-18(24(33)37-2)28-41(35,40-17-7-4-3-5-8-17)38-15-20-19(30)13-21(39-20)29-14-16(11-12-26)23(32)27-25(29)34/h3-5,7-8,11-12,14,18-21,30H,6,9-10,13,15H2,1-2H3,(H,28,35)(H,27,32,34)/t18-,19?,20?,21?,41?/m0/s1. The number of halogens is 1. The average molecular weight is 660 g/mol. The van der Waals surface area contributed by atoms with E-state index in [0.29, 0.717) is 0 Å². The second-order valence-electron chi connectivity index (χ2n) is 8.85. The first kappa shape index (κ1) is 32.4. The number of aliphatic hydroxyl groups is 1. The Morgan fingerprint density at radius 2 is 2.00 bits per heavy atom. The molecule has 4 unspecified atom stereocenters. The van der Waals surface area contributed by atoms with Gasteiger partial charge in [-0.15, -0.1) is 0 Å². The van der Waals surface area contributed by atoms with Crippen molar-refractivity contribution in [3.8, 4) is 5.75 Å². The molecule has 41 heavy (non-hydrogen) atoms. The predicted molar refractivity (Wildman–Crippen MR) is 149 cm³/mol. The van der Waals surface area contributed by atoms with Crippen molar-refractivity contribution in [1.82, 2.24) is 14.6 Å². The molecule has 1 aliphatic heterocycles. The zero-order chi connectivity index (χ0) is 30.0. The molecule has 0 radical (unpaired) electrons. The largest absolute Gasteiger partial charge is 0.469 e. The number of nitrogens with zero attached hydrogens (tertiary/aromatic N) is 1. The molecule has 2 heterocycles. The van der Waals surface area contributed by atoms with Crippen LogP contribution in [-0.4, -0.2) is 65.7 Å². The number of methoxy groups -OCH3 is 2. The fourth-order valence-electron chi connectivity index (χ4n) is 3.94. The molecule has 0 bridgehead atoms. The number of aliphatic hydroxyl groups excluding tert-OH is 1. The van der Waals surface area contributed by atoms with Crippen molar-refractivity contribution >= 4 is 41.7 Å². The number of hydrogen-bond acceptors (Lipinski definition) is 11. The number of ether oxygens (including phenoxy) is 3. The third-order valence-electron chi connectivity index (χ3n) is 6.03. The van der Waals surface area contributed by atoms with Gasteiger partial charge < -0.3 is 23.8 Å². The van der Waals surface area contributed by atoms with Gasteiger partial charge in [0, 0.05) is 19.0 Å². The van der Waals surface area contributed by atoms with Gasteiger partial charge >= 0.3 is 25.4 Å². The molecule has 3 rings (SSSR count). The highest BCUT2D eigenvalue weighted by atomic mass is 79.9. The van der Waals surface area contributed by atoms with Gasteiger partial charge in [0.1, 0.15) is 24.1 Å². The molecule has 0 amide bonds. The summed E-state index contributed by atoms with van der Waals surface area (Å²) >= 11 is 3.08. The third-order valence-corrected chi connectivity index (χ3v) is 7.86. The molecule has 0 aliphatic carbocycles. The molecule has 1 fully saturated rings. The number of benzene rings is 1. The van der Waals surface area contributed by atoms with E-state index in [2.05, 4.69) is 30.7 Å². The van der Waals surface area contributed by atoms with E-state index in [4.69, 9.17) is 18.5 Å². The van der Waals surface area contributed by atoms with Crippen LogP contribution in [-0.2, 0) is 32.9 Å². The normalized spacial score (nSPS) is 20.8. The van der Waals surface area contributed by atoms with Crippen LogP contribution in [0.4, 0.5) is 0 Å². The minimum absolute atomic E-state index is 0.0110. The zero-order valence-electron chi connectivity index (χ0n) is 22.3. The van der Waals surface area contributed by atoms with Crippen molar-refractivity contribution in [3.63, 3.8) is 0 Å². The second-order valence-corrected chi connectivity index (χ2v) is 11.1. The van der Waals surface area contributed by atoms with Crippen LogP contribution >= 0.6 is 23.7 Å². The highest BCUT2D eigenvalue weighted by molar-refractivity contribution is 9.11. The Morgan fingerprint density at radius 1 is 1.27 bits per heavy atom. The molecule has 224 valence electrons. The van der Waals surface area contributed by atoms with Gasteiger partial charge in [-0.3, -0.25) is 28.5 Å². The summed E-state index contributed by atoms with van der Waals surface area (Å²) < 4.78 is 41.5. The Labute approximate surface area is 243 Å². The molecule has 1 aromatic heterocycles. The summed E-state index contributed by atoms with van der Waals surface area (Å²) in [6.07, 6.45) is -0.213. The number of hydrogen-bond donors (Lipinski definition) is 3. The lowest BCUT2D eigenvalue weighted by Gasteiger charge is -2.25. The summed E-state index contributed by atoms with van der Waals surface area (Å²) in [6, 6.07) is 6.88. The SMILES string of the molecule is COC(=O)CCC[C@H](NP(=O)(OCC1OC(n2cc(C=CBr)c(=O)[nH]c2=O)CC1O)Oc1ccccc1)C(=O)OC. The summed E-state index contributed by atoms with van der Waals surface area (Å²) in [4.78, 5) is 52.0. The number of carbonyl (C=O) groups is 2. The van der Waals surface area contributed by atoms with E-state index in [9.17, 15) is 28.8 Å². The molecule has 5 atom stereocenters. The van der Waals surface area contributed by atoms with Crippen molar-refractivity contribution in [2.24, 2.45) is 0 Å². The van der Waals surface area contributed by atoms with Crippen molar-refractivity contribution < 1.29 is 42.5 Å². The lowest BCUT2D eigenvalue weighted by molar-refractivity contribution is -0.144. The predicted octanol–water partition coefficient (Wildman–Crippen LogP) is 2.23. The van der Waals surface area contributed by atoms with E-state index in [-0.39, 0.29) is 37.0 Å². The maximum atomic E-state index is 13.9. The van der Waals surface area contributed by atoms with Crippen LogP contribution in [0.1, 0.15) is 37.5 Å². The van der Waals surface area contributed by atoms with Gasteiger partial charge in [0.2, 0.25) is 0 Å². The lowest BCUT2D eigenvalue weighted by atomic mass is 10.1. The van der Waals surface area contributed by atoms with Crippen LogP contribution in [0, 0.1) is 0 Å². The Hall–Kier alpha value is -3.07. The minimum atomic E-state index is -4.33. The average Bonchev–Trinajstić information content (AvgIpc) is 3.32. The molecule has 0 saturated carbocycles. The van der Waals surface area contributed by atoms with Crippen molar-refractivity contribution in [1.29, 1.82) is 0 Å². The van der Waals surface area contributed by atoms with E-state index in [1.807, 2.05) is 0 Å². The molecule has 16 heteroatoms. The maximum Gasteiger partial charge on any atom is 0.459 e. The molecule has 14 nitrogen and oxygen atoms in total. The van der Waals surface area contributed by atoms with Crippen LogP contribution in [0.25, 0.3) is 6.08 Å². The zero-order valence-corrected chi connectivity index (χ0v) is 24.7. The van der Waals surface area contributed by atoms with Crippen LogP contribution in [0.5, 0.6) is 5.75 Å². The molecular weight excluding hydrogens is 629 g/mol. The van der Waals surface area contributed by atoms with E-state index >= 15 is 0 Å². The summed E-state index contributed by atoms with van der Waals surface area (Å²) in [5.74, 6) is -1.08. The van der Waals surface area contributed by atoms with Crippen LogP contribution in [0.2, 0.25) is 0 Å². The van der Waals surface area contributed by atoms with Gasteiger partial charge in [-0.05, 0) is 36.0 Å². The van der Waals surface area contributed by atoms with Crippen molar-refractivity contribution in [2.75, 3.05) is 20.8 Å². The van der Waals surface area contributed by atoms with E-state index in [1.165, 1.54) is 36.5 Å². The lowest BCUT2D eigenvalue weighted by Crippen LogP contribution is -2.38. The number of nitrogens with one attached hydrogen (secondary N) is 2. The summed E-state index contributed by atoms with van der Waals surface area (Å²) in [6.45, 7) is -0.461. The molecule has 1 saturated heterocycles. The van der Waals surface area contributed by atoms with Crippen molar-refractivity contribution in [2.45, 2.75) is 50.2 Å². The number of H-pyrrole nitrogens is 1. The minimum Gasteiger partial charge on any atom is -0.469 e. The van der Waals surface area contributed by atoms with Gasteiger partial charge in [-0.1, -0.05) is 34.1 Å². The highest BCUT2D eigenvalue weighted by Crippen LogP contribution is 2.46. The number of para-hydroxylation sites is 1. The van der Waals surface area contributed by atoms with Crippen LogP contribution in [0.15, 0.2) is 51.1 Å². The van der Waals surface area contributed by atoms with E-state index in [1.54, 1.807) is 18.2 Å². The van der Waals surface area contributed by atoms with Crippen LogP contribution < -0.4 is 20.9 Å². The number of aromatic nitrogens is 2. The third kappa shape index (κ3) is 9.21. The first-order valence-corrected chi connectivity index (χ1v) is 14.9. The fraction of sp³-hybridized carbons (Fsp3) is 0.440. The van der Waals surface area contributed by atoms with Crippen LogP contribution in [0.3, 0.4) is 0 Å². The Kier molecular flexibility index (Phi) is 12.1. The molecule has 1 aromatic carbocycles. The summed E-state index contributed by atoms with van der Waals surface area (Å²) in [5, 5.41) is 13.2. The summed E-state index contributed by atoms with van der Waals surface area (Å²) in [7, 11) is -1.93. The van der Waals surface area contributed by atoms with Gasteiger partial charge in [-0.2, -0.15) is 5.09 Å². The smallest absolute Gasteiger partial charge is 0.459 e. The fourth-order valence-corrected chi connectivity index (χ4v) is 5.76. The topological polar surface area (TPSA) is 184 Å². The summed E-state index contributed by atoms with van der Waals surface area (Å²) in [5.41, 5.74) is -1.17. The maximum absolute atomic E-state index is 13.9. The van der Waals surface area contributed by atoms with E-state index in [0.717, 1.165) is 11.7 Å². The molecule has 3 N–H and O–H groups in total. The van der Waals surface area contributed by atoms with Gasteiger partial charge in [0.25, 0.3) is 5.56 Å². The quantitative estimate of drug-likeness (QED) is 0.199. The molecule has 0 spiro atoms. The van der Waals surface area contributed by atoms with Gasteiger partial charge in [0.15, 0.2) is 0 Å². The van der Waals surface area contributed by atoms with Crippen molar-refractivity contribution in [3.05, 3.63) is 67.9 Å². The first-order valence-electron chi connectivity index (χ1n) is 12.5. The molecule has 1 aliphatic rings. The Balaban J connectivity index is 1.78.